The molecule has 1 aliphatic heterocycles. The lowest BCUT2D eigenvalue weighted by molar-refractivity contribution is -0.136. The van der Waals surface area contributed by atoms with Gasteiger partial charge in [-0.15, -0.1) is 0 Å². The van der Waals surface area contributed by atoms with Crippen LogP contribution in [0, 0.1) is 5.82 Å². The Morgan fingerprint density at radius 2 is 1.76 bits per heavy atom. The second-order valence-corrected chi connectivity index (χ2v) is 6.95. The van der Waals surface area contributed by atoms with Crippen LogP contribution >= 0.6 is 0 Å². The molecule has 29 heavy (non-hydrogen) atoms. The maximum absolute atomic E-state index is 13.3. The molecule has 1 amide bonds. The van der Waals surface area contributed by atoms with Crippen molar-refractivity contribution in [3.63, 3.8) is 0 Å². The summed E-state index contributed by atoms with van der Waals surface area (Å²) in [4.78, 5) is 16.3. The van der Waals surface area contributed by atoms with Gasteiger partial charge in [0.15, 0.2) is 0 Å². The van der Waals surface area contributed by atoms with E-state index in [0.29, 0.717) is 43.5 Å². The number of alkyl halides is 4. The third kappa shape index (κ3) is 4.92. The Hall–Kier alpha value is -2.49. The SMILES string of the molecule is CC(C(=O)N1CCN(Cc2cccc(F)c2)CC1)n1nc(C(F)F)cc1C(F)F. The van der Waals surface area contributed by atoms with E-state index in [1.807, 2.05) is 6.07 Å². The monoisotopic (exact) mass is 416 g/mol. The van der Waals surface area contributed by atoms with E-state index in [-0.39, 0.29) is 5.82 Å². The smallest absolute Gasteiger partial charge is 0.282 e. The van der Waals surface area contributed by atoms with Crippen molar-refractivity contribution < 1.29 is 26.7 Å². The van der Waals surface area contributed by atoms with E-state index in [9.17, 15) is 26.7 Å². The van der Waals surface area contributed by atoms with Crippen LogP contribution in [0.5, 0.6) is 0 Å². The average Bonchev–Trinajstić information content (AvgIpc) is 3.14. The molecule has 158 valence electrons. The van der Waals surface area contributed by atoms with Gasteiger partial charge in [-0.05, 0) is 30.7 Å². The number of nitrogens with zero attached hydrogens (tertiary/aromatic N) is 4. The highest BCUT2D eigenvalue weighted by Crippen LogP contribution is 2.28. The Kier molecular flexibility index (Phi) is 6.51. The van der Waals surface area contributed by atoms with Gasteiger partial charge in [0.25, 0.3) is 12.9 Å². The molecule has 0 spiro atoms. The highest BCUT2D eigenvalue weighted by atomic mass is 19.3. The van der Waals surface area contributed by atoms with Crippen LogP contribution in [0.2, 0.25) is 0 Å². The van der Waals surface area contributed by atoms with E-state index in [4.69, 9.17) is 0 Å². The first-order valence-corrected chi connectivity index (χ1v) is 9.17. The van der Waals surface area contributed by atoms with Crippen molar-refractivity contribution in [2.45, 2.75) is 32.4 Å². The molecule has 1 unspecified atom stereocenters. The summed E-state index contributed by atoms with van der Waals surface area (Å²) in [7, 11) is 0. The molecule has 0 aliphatic carbocycles. The largest absolute Gasteiger partial charge is 0.338 e. The number of halogens is 5. The van der Waals surface area contributed by atoms with Gasteiger partial charge in [0.2, 0.25) is 5.91 Å². The third-order valence-electron chi connectivity index (χ3n) is 4.93. The third-order valence-corrected chi connectivity index (χ3v) is 4.93. The highest BCUT2D eigenvalue weighted by Gasteiger charge is 2.30. The first-order chi connectivity index (χ1) is 13.8. The summed E-state index contributed by atoms with van der Waals surface area (Å²) in [6.07, 6.45) is -6.02. The summed E-state index contributed by atoms with van der Waals surface area (Å²) in [5.74, 6) is -0.774. The van der Waals surface area contributed by atoms with Gasteiger partial charge in [0.1, 0.15) is 23.2 Å². The summed E-state index contributed by atoms with van der Waals surface area (Å²) in [6, 6.07) is 5.77. The fraction of sp³-hybridized carbons (Fsp3) is 0.474. The molecule has 1 aliphatic rings. The van der Waals surface area contributed by atoms with Crippen LogP contribution in [0.4, 0.5) is 22.0 Å². The van der Waals surface area contributed by atoms with Crippen LogP contribution in [0.1, 0.15) is 42.8 Å². The van der Waals surface area contributed by atoms with Crippen molar-refractivity contribution in [3.8, 4) is 0 Å². The summed E-state index contributed by atoms with van der Waals surface area (Å²) in [5.41, 5.74) is -0.665. The molecular weight excluding hydrogens is 395 g/mol. The van der Waals surface area contributed by atoms with Crippen LogP contribution in [0.15, 0.2) is 30.3 Å². The zero-order chi connectivity index (χ0) is 21.1. The number of carbonyl (C=O) groups is 1. The summed E-state index contributed by atoms with van der Waals surface area (Å²) in [6.45, 7) is 3.66. The van der Waals surface area contributed by atoms with E-state index in [0.717, 1.165) is 5.56 Å². The molecule has 0 N–H and O–H groups in total. The van der Waals surface area contributed by atoms with Crippen LogP contribution in [0.25, 0.3) is 0 Å². The Morgan fingerprint density at radius 3 is 2.34 bits per heavy atom. The number of benzene rings is 1. The molecule has 2 heterocycles. The standard InChI is InChI=1S/C19H21F5N4O/c1-12(28-16(18(23)24)10-15(25-28)17(21)22)19(29)27-7-5-26(6-8-27)11-13-3-2-4-14(20)9-13/h2-4,9-10,12,17-18H,5-8,11H2,1H3. The Morgan fingerprint density at radius 1 is 1.07 bits per heavy atom. The van der Waals surface area contributed by atoms with Crippen LogP contribution in [-0.4, -0.2) is 51.7 Å². The quantitative estimate of drug-likeness (QED) is 0.673. The topological polar surface area (TPSA) is 41.4 Å². The lowest BCUT2D eigenvalue weighted by Gasteiger charge is -2.36. The maximum Gasteiger partial charge on any atom is 0.282 e. The maximum atomic E-state index is 13.3. The van der Waals surface area contributed by atoms with Crippen molar-refractivity contribution in [1.82, 2.24) is 19.6 Å². The van der Waals surface area contributed by atoms with Gasteiger partial charge >= 0.3 is 0 Å². The fourth-order valence-corrected chi connectivity index (χ4v) is 3.40. The predicted octanol–water partition coefficient (Wildman–Crippen LogP) is 3.80. The molecule has 0 bridgehead atoms. The lowest BCUT2D eigenvalue weighted by atomic mass is 10.2. The van der Waals surface area contributed by atoms with Crippen molar-refractivity contribution in [3.05, 3.63) is 53.1 Å². The molecule has 1 fully saturated rings. The Bertz CT molecular complexity index is 849. The zero-order valence-electron chi connectivity index (χ0n) is 15.7. The van der Waals surface area contributed by atoms with E-state index in [1.165, 1.54) is 24.0 Å². The highest BCUT2D eigenvalue weighted by molar-refractivity contribution is 5.80. The molecule has 0 saturated carbocycles. The second-order valence-electron chi connectivity index (χ2n) is 6.95. The number of aromatic nitrogens is 2. The molecule has 1 aromatic carbocycles. The average molecular weight is 416 g/mol. The number of piperazine rings is 1. The minimum Gasteiger partial charge on any atom is -0.338 e. The number of hydrogen-bond acceptors (Lipinski definition) is 3. The second kappa shape index (κ2) is 8.89. The number of amides is 1. The summed E-state index contributed by atoms with van der Waals surface area (Å²) < 4.78 is 66.1. The molecule has 2 aromatic rings. The van der Waals surface area contributed by atoms with Crippen molar-refractivity contribution in [2.24, 2.45) is 0 Å². The molecule has 3 rings (SSSR count). The first kappa shape index (κ1) is 21.2. The fourth-order valence-electron chi connectivity index (χ4n) is 3.40. The van der Waals surface area contributed by atoms with Crippen LogP contribution < -0.4 is 0 Å². The first-order valence-electron chi connectivity index (χ1n) is 9.17. The van der Waals surface area contributed by atoms with Gasteiger partial charge in [0, 0.05) is 32.7 Å². The van der Waals surface area contributed by atoms with E-state index in [1.54, 1.807) is 6.07 Å². The summed E-state index contributed by atoms with van der Waals surface area (Å²) >= 11 is 0. The molecule has 0 radical (unpaired) electrons. The normalized spacial score (nSPS) is 16.6. The van der Waals surface area contributed by atoms with Gasteiger partial charge < -0.3 is 4.90 Å². The Balaban J connectivity index is 1.63. The Labute approximate surface area is 164 Å². The minimum absolute atomic E-state index is 0.317. The zero-order valence-corrected chi connectivity index (χ0v) is 15.7. The molecule has 1 saturated heterocycles. The number of hydrogen-bond donors (Lipinski definition) is 0. The van der Waals surface area contributed by atoms with Crippen LogP contribution in [0.3, 0.4) is 0 Å². The van der Waals surface area contributed by atoms with E-state index < -0.39 is 36.2 Å². The van der Waals surface area contributed by atoms with Gasteiger partial charge in [-0.1, -0.05) is 12.1 Å². The van der Waals surface area contributed by atoms with Gasteiger partial charge in [-0.2, -0.15) is 5.10 Å². The molecule has 1 aromatic heterocycles. The molecule has 1 atom stereocenters. The van der Waals surface area contributed by atoms with Gasteiger partial charge in [0.05, 0.1) is 0 Å². The van der Waals surface area contributed by atoms with E-state index >= 15 is 0 Å². The summed E-state index contributed by atoms with van der Waals surface area (Å²) in [5, 5.41) is 3.52. The molecule has 5 nitrogen and oxygen atoms in total. The van der Waals surface area contributed by atoms with Gasteiger partial charge in [-0.25, -0.2) is 22.0 Å². The number of carbonyl (C=O) groups excluding carboxylic acids is 1. The molecule has 10 heteroatoms. The van der Waals surface area contributed by atoms with Gasteiger partial charge in [-0.3, -0.25) is 14.4 Å². The predicted molar refractivity (Wildman–Crippen MR) is 95.1 cm³/mol. The molecular formula is C19H21F5N4O. The minimum atomic E-state index is -3.02. The van der Waals surface area contributed by atoms with Crippen molar-refractivity contribution in [1.29, 1.82) is 0 Å². The van der Waals surface area contributed by atoms with E-state index in [2.05, 4.69) is 10.00 Å². The number of rotatable bonds is 6. The van der Waals surface area contributed by atoms with Crippen molar-refractivity contribution >= 4 is 5.91 Å². The van der Waals surface area contributed by atoms with Crippen molar-refractivity contribution in [2.75, 3.05) is 26.2 Å². The van der Waals surface area contributed by atoms with Crippen LogP contribution in [-0.2, 0) is 11.3 Å². The lowest BCUT2D eigenvalue weighted by Crippen LogP contribution is -2.50.